The standard InChI is InChI=1S/C25H21Cl2N3O3/c1-2-13-5-3-4-6-15(13)12-29-25(33)14-7-8-17-20(11-14)30-22(24(32)23(17)31)16-9-18(26)21(28)19(27)10-16/h3-11,32H,2,12,28H2,1H3,(H,29,33)(H,30,31). The number of aromatic hydroxyl groups is 1. The number of hydrogen-bond acceptors (Lipinski definition) is 4. The van der Waals surface area contributed by atoms with Crippen molar-refractivity contribution in [1.29, 1.82) is 0 Å². The van der Waals surface area contributed by atoms with Crippen LogP contribution in [0.4, 0.5) is 5.69 Å². The molecule has 0 atom stereocenters. The Balaban J connectivity index is 1.70. The monoisotopic (exact) mass is 481 g/mol. The van der Waals surface area contributed by atoms with Gasteiger partial charge in [0.05, 0.1) is 26.9 Å². The van der Waals surface area contributed by atoms with E-state index in [0.717, 1.165) is 12.0 Å². The largest absolute Gasteiger partial charge is 0.503 e. The fourth-order valence-corrected chi connectivity index (χ4v) is 4.20. The third-order valence-corrected chi connectivity index (χ3v) is 6.17. The first-order valence-corrected chi connectivity index (χ1v) is 11.0. The number of aromatic nitrogens is 1. The second-order valence-electron chi connectivity index (χ2n) is 7.60. The van der Waals surface area contributed by atoms with Gasteiger partial charge in [-0.3, -0.25) is 9.59 Å². The van der Waals surface area contributed by atoms with Gasteiger partial charge in [0.1, 0.15) is 0 Å². The summed E-state index contributed by atoms with van der Waals surface area (Å²) < 4.78 is 0. The minimum atomic E-state index is -0.577. The summed E-state index contributed by atoms with van der Waals surface area (Å²) in [4.78, 5) is 28.6. The highest BCUT2D eigenvalue weighted by Gasteiger charge is 2.17. The third-order valence-electron chi connectivity index (χ3n) is 5.54. The molecule has 0 saturated carbocycles. The summed E-state index contributed by atoms with van der Waals surface area (Å²) in [7, 11) is 0. The van der Waals surface area contributed by atoms with Gasteiger partial charge in [-0.2, -0.15) is 0 Å². The molecule has 4 aromatic rings. The summed E-state index contributed by atoms with van der Waals surface area (Å²) in [5, 5.41) is 14.0. The molecule has 0 aliphatic heterocycles. The lowest BCUT2D eigenvalue weighted by molar-refractivity contribution is 0.0951. The number of anilines is 1. The average molecular weight is 482 g/mol. The Bertz CT molecular complexity index is 1420. The van der Waals surface area contributed by atoms with Crippen LogP contribution in [0.1, 0.15) is 28.4 Å². The van der Waals surface area contributed by atoms with E-state index in [-0.39, 0.29) is 32.7 Å². The first kappa shape index (κ1) is 22.7. The molecule has 5 N–H and O–H groups in total. The molecule has 33 heavy (non-hydrogen) atoms. The number of nitrogen functional groups attached to an aromatic ring is 1. The van der Waals surface area contributed by atoms with Crippen molar-refractivity contribution in [3.63, 3.8) is 0 Å². The molecule has 1 amide bonds. The zero-order chi connectivity index (χ0) is 23.7. The van der Waals surface area contributed by atoms with Gasteiger partial charge in [0.25, 0.3) is 5.91 Å². The molecule has 0 aliphatic carbocycles. The average Bonchev–Trinajstić information content (AvgIpc) is 2.82. The molecular weight excluding hydrogens is 461 g/mol. The van der Waals surface area contributed by atoms with Crippen LogP contribution in [0, 0.1) is 0 Å². The van der Waals surface area contributed by atoms with E-state index >= 15 is 0 Å². The first-order chi connectivity index (χ1) is 15.8. The molecule has 3 aromatic carbocycles. The van der Waals surface area contributed by atoms with Gasteiger partial charge in [-0.15, -0.1) is 0 Å². The van der Waals surface area contributed by atoms with Crippen LogP contribution < -0.4 is 16.5 Å². The Kier molecular flexibility index (Phi) is 6.31. The SMILES string of the molecule is CCc1ccccc1CNC(=O)c1ccc2c(=O)c(O)c(-c3cc(Cl)c(N)c(Cl)c3)[nH]c2c1. The topological polar surface area (TPSA) is 108 Å². The van der Waals surface area contributed by atoms with E-state index in [1.807, 2.05) is 24.3 Å². The van der Waals surface area contributed by atoms with Crippen molar-refractivity contribution in [2.45, 2.75) is 19.9 Å². The summed E-state index contributed by atoms with van der Waals surface area (Å²) in [6.45, 7) is 2.45. The van der Waals surface area contributed by atoms with E-state index in [0.29, 0.717) is 23.2 Å². The van der Waals surface area contributed by atoms with Crippen molar-refractivity contribution in [3.05, 3.63) is 91.6 Å². The van der Waals surface area contributed by atoms with Gasteiger partial charge in [0.15, 0.2) is 5.75 Å². The molecule has 0 unspecified atom stereocenters. The van der Waals surface area contributed by atoms with Crippen LogP contribution >= 0.6 is 23.2 Å². The predicted octanol–water partition coefficient (Wildman–Crippen LogP) is 5.28. The molecule has 0 aliphatic rings. The number of aromatic amines is 1. The number of nitrogens with one attached hydrogen (secondary N) is 2. The fourth-order valence-electron chi connectivity index (χ4n) is 3.71. The van der Waals surface area contributed by atoms with Gasteiger partial charge >= 0.3 is 0 Å². The molecule has 0 radical (unpaired) electrons. The maximum Gasteiger partial charge on any atom is 0.251 e. The Morgan fingerprint density at radius 2 is 1.73 bits per heavy atom. The zero-order valence-electron chi connectivity index (χ0n) is 17.7. The molecule has 1 aromatic heterocycles. The van der Waals surface area contributed by atoms with Gasteiger partial charge in [-0.05, 0) is 47.9 Å². The molecule has 0 bridgehead atoms. The summed E-state index contributed by atoms with van der Waals surface area (Å²) >= 11 is 12.2. The number of amides is 1. The van der Waals surface area contributed by atoms with Crippen molar-refractivity contribution in [2.24, 2.45) is 0 Å². The molecule has 0 fully saturated rings. The van der Waals surface area contributed by atoms with E-state index < -0.39 is 11.2 Å². The number of carbonyl (C=O) groups excluding carboxylic acids is 1. The highest BCUT2D eigenvalue weighted by Crippen LogP contribution is 2.35. The van der Waals surface area contributed by atoms with E-state index in [1.54, 1.807) is 12.1 Å². The minimum Gasteiger partial charge on any atom is -0.503 e. The van der Waals surface area contributed by atoms with Crippen LogP contribution in [-0.4, -0.2) is 16.0 Å². The summed E-state index contributed by atoms with van der Waals surface area (Å²) in [5.41, 5.74) is 8.91. The van der Waals surface area contributed by atoms with E-state index in [4.69, 9.17) is 28.9 Å². The Morgan fingerprint density at radius 3 is 2.39 bits per heavy atom. The third kappa shape index (κ3) is 4.40. The molecule has 1 heterocycles. The highest BCUT2D eigenvalue weighted by atomic mass is 35.5. The van der Waals surface area contributed by atoms with Gasteiger partial charge in [0, 0.05) is 23.1 Å². The number of benzene rings is 3. The fraction of sp³-hybridized carbons (Fsp3) is 0.120. The molecule has 0 saturated heterocycles. The van der Waals surface area contributed by atoms with Crippen LogP contribution in [0.25, 0.3) is 22.2 Å². The maximum atomic E-state index is 12.8. The highest BCUT2D eigenvalue weighted by molar-refractivity contribution is 6.39. The van der Waals surface area contributed by atoms with E-state index in [1.165, 1.54) is 23.8 Å². The Morgan fingerprint density at radius 1 is 1.06 bits per heavy atom. The van der Waals surface area contributed by atoms with Crippen molar-refractivity contribution in [2.75, 3.05) is 5.73 Å². The van der Waals surface area contributed by atoms with Crippen molar-refractivity contribution in [1.82, 2.24) is 10.3 Å². The number of hydrogen-bond donors (Lipinski definition) is 4. The predicted molar refractivity (Wildman–Crippen MR) is 133 cm³/mol. The molecule has 6 nitrogen and oxygen atoms in total. The van der Waals surface area contributed by atoms with Crippen molar-refractivity contribution >= 4 is 45.7 Å². The van der Waals surface area contributed by atoms with Crippen molar-refractivity contribution < 1.29 is 9.90 Å². The number of pyridine rings is 1. The lowest BCUT2D eigenvalue weighted by Gasteiger charge is -2.12. The molecule has 0 spiro atoms. The number of H-pyrrole nitrogens is 1. The molecule has 168 valence electrons. The molecule has 8 heteroatoms. The Labute approximate surface area is 200 Å². The summed E-state index contributed by atoms with van der Waals surface area (Å²) in [5.74, 6) is -0.760. The molecular formula is C25H21Cl2N3O3. The second kappa shape index (κ2) is 9.17. The number of aryl methyl sites for hydroxylation is 1. The van der Waals surface area contributed by atoms with Crippen LogP contribution in [0.15, 0.2) is 59.4 Å². The summed E-state index contributed by atoms with van der Waals surface area (Å²) in [6.07, 6.45) is 0.870. The van der Waals surface area contributed by atoms with Gasteiger partial charge < -0.3 is 21.1 Å². The van der Waals surface area contributed by atoms with Crippen LogP contribution in [0.2, 0.25) is 10.0 Å². The second-order valence-corrected chi connectivity index (χ2v) is 8.41. The Hall–Kier alpha value is -3.48. The lowest BCUT2D eigenvalue weighted by Crippen LogP contribution is -2.23. The van der Waals surface area contributed by atoms with Crippen LogP contribution in [0.3, 0.4) is 0 Å². The number of rotatable bonds is 5. The lowest BCUT2D eigenvalue weighted by atomic mass is 10.0. The summed E-state index contributed by atoms with van der Waals surface area (Å²) in [6, 6.07) is 15.6. The van der Waals surface area contributed by atoms with E-state index in [9.17, 15) is 14.7 Å². The minimum absolute atomic E-state index is 0.130. The van der Waals surface area contributed by atoms with Crippen molar-refractivity contribution in [3.8, 4) is 17.0 Å². The van der Waals surface area contributed by atoms with Crippen LogP contribution in [0.5, 0.6) is 5.75 Å². The smallest absolute Gasteiger partial charge is 0.251 e. The number of fused-ring (bicyclic) bond motifs is 1. The first-order valence-electron chi connectivity index (χ1n) is 10.3. The van der Waals surface area contributed by atoms with Gasteiger partial charge in [-0.1, -0.05) is 54.4 Å². The zero-order valence-corrected chi connectivity index (χ0v) is 19.2. The normalized spacial score (nSPS) is 11.0. The number of carbonyl (C=O) groups is 1. The maximum absolute atomic E-state index is 12.8. The van der Waals surface area contributed by atoms with Gasteiger partial charge in [-0.25, -0.2) is 0 Å². The number of nitrogens with two attached hydrogens (primary N) is 1. The van der Waals surface area contributed by atoms with E-state index in [2.05, 4.69) is 17.2 Å². The quantitative estimate of drug-likeness (QED) is 0.290. The van der Waals surface area contributed by atoms with Crippen LogP contribution in [-0.2, 0) is 13.0 Å². The van der Waals surface area contributed by atoms with Gasteiger partial charge in [0.2, 0.25) is 5.43 Å². The number of halogens is 2. The molecule has 4 rings (SSSR count).